The van der Waals surface area contributed by atoms with Crippen molar-refractivity contribution in [2.24, 2.45) is 0 Å². The van der Waals surface area contributed by atoms with Crippen molar-refractivity contribution in [3.05, 3.63) is 58.4 Å². The fourth-order valence-electron chi connectivity index (χ4n) is 3.31. The van der Waals surface area contributed by atoms with Crippen LogP contribution < -0.4 is 5.32 Å². The Morgan fingerprint density at radius 3 is 2.72 bits per heavy atom. The highest BCUT2D eigenvalue weighted by atomic mass is 32.1. The van der Waals surface area contributed by atoms with Crippen molar-refractivity contribution in [3.63, 3.8) is 0 Å². The maximum atomic E-state index is 12.8. The first-order valence-electron chi connectivity index (χ1n) is 8.62. The molecule has 2 aromatic heterocycles. The first-order chi connectivity index (χ1) is 12.2. The summed E-state index contributed by atoms with van der Waals surface area (Å²) in [6.45, 7) is 1.92. The molecule has 3 aromatic rings. The molecule has 25 heavy (non-hydrogen) atoms. The molecule has 0 saturated carbocycles. The van der Waals surface area contributed by atoms with Crippen LogP contribution >= 0.6 is 11.3 Å². The monoisotopic (exact) mass is 352 g/mol. The van der Waals surface area contributed by atoms with E-state index in [4.69, 9.17) is 0 Å². The Labute approximate surface area is 150 Å². The number of carbonyl (C=O) groups excluding carboxylic acids is 1. The van der Waals surface area contributed by atoms with E-state index < -0.39 is 0 Å². The number of hydrogen-bond acceptors (Lipinski definition) is 4. The van der Waals surface area contributed by atoms with E-state index in [2.05, 4.69) is 15.4 Å². The lowest BCUT2D eigenvalue weighted by Crippen LogP contribution is -2.15. The molecule has 2 heterocycles. The molecule has 0 radical (unpaired) electrons. The van der Waals surface area contributed by atoms with Gasteiger partial charge < -0.3 is 0 Å². The molecule has 4 rings (SSSR count). The van der Waals surface area contributed by atoms with Gasteiger partial charge in [-0.1, -0.05) is 24.6 Å². The topological polar surface area (TPSA) is 59.8 Å². The maximum absolute atomic E-state index is 12.8. The van der Waals surface area contributed by atoms with Crippen LogP contribution in [0.1, 0.15) is 46.7 Å². The molecule has 1 amide bonds. The van der Waals surface area contributed by atoms with Gasteiger partial charge in [0.15, 0.2) is 10.8 Å². The fourth-order valence-corrected chi connectivity index (χ4v) is 3.99. The number of nitrogens with one attached hydrogen (secondary N) is 1. The van der Waals surface area contributed by atoms with Gasteiger partial charge >= 0.3 is 0 Å². The molecule has 0 saturated heterocycles. The second-order valence-electron chi connectivity index (χ2n) is 6.33. The standard InChI is InChI=1S/C19H20N4OS/c1-13-12-25-19(20-13)21-18(24)17-15-10-6-3-7-11-16(15)23(22-17)14-8-4-2-5-9-14/h2,4-5,8-9,12H,3,6-7,10-11H2,1H3,(H,20,21,24). The van der Waals surface area contributed by atoms with Crippen LogP contribution in [0.25, 0.3) is 5.69 Å². The molecule has 0 bridgehead atoms. The molecule has 0 atom stereocenters. The molecular weight excluding hydrogens is 332 g/mol. The molecule has 1 aliphatic rings. The van der Waals surface area contributed by atoms with Crippen LogP contribution in [-0.2, 0) is 12.8 Å². The summed E-state index contributed by atoms with van der Waals surface area (Å²) < 4.78 is 1.95. The van der Waals surface area contributed by atoms with Crippen molar-refractivity contribution in [1.82, 2.24) is 14.8 Å². The van der Waals surface area contributed by atoms with E-state index in [-0.39, 0.29) is 5.91 Å². The van der Waals surface area contributed by atoms with Crippen LogP contribution in [0.5, 0.6) is 0 Å². The number of aromatic nitrogens is 3. The lowest BCUT2D eigenvalue weighted by molar-refractivity contribution is 0.102. The molecule has 1 aliphatic carbocycles. The van der Waals surface area contributed by atoms with Gasteiger partial charge in [0.1, 0.15) is 0 Å². The Kier molecular flexibility index (Phi) is 4.36. The van der Waals surface area contributed by atoms with E-state index in [9.17, 15) is 4.79 Å². The fraction of sp³-hybridized carbons (Fsp3) is 0.316. The number of nitrogens with zero attached hydrogens (tertiary/aromatic N) is 3. The van der Waals surface area contributed by atoms with Gasteiger partial charge in [0.05, 0.1) is 11.4 Å². The predicted octanol–water partition coefficient (Wildman–Crippen LogP) is 4.16. The van der Waals surface area contributed by atoms with E-state index in [1.807, 2.05) is 47.3 Å². The van der Waals surface area contributed by atoms with Crippen molar-refractivity contribution in [2.45, 2.75) is 39.0 Å². The predicted molar refractivity (Wildman–Crippen MR) is 99.6 cm³/mol. The minimum Gasteiger partial charge on any atom is -0.296 e. The number of anilines is 1. The summed E-state index contributed by atoms with van der Waals surface area (Å²) >= 11 is 1.44. The lowest BCUT2D eigenvalue weighted by Gasteiger charge is -2.06. The third kappa shape index (κ3) is 3.22. The smallest absolute Gasteiger partial charge is 0.278 e. The van der Waals surface area contributed by atoms with Crippen LogP contribution in [0.15, 0.2) is 35.7 Å². The average molecular weight is 352 g/mol. The van der Waals surface area contributed by atoms with Gasteiger partial charge in [-0.3, -0.25) is 10.1 Å². The van der Waals surface area contributed by atoms with Crippen molar-refractivity contribution in [3.8, 4) is 5.69 Å². The minimum atomic E-state index is -0.165. The quantitative estimate of drug-likeness (QED) is 0.720. The number of benzene rings is 1. The molecule has 1 aromatic carbocycles. The molecule has 0 fully saturated rings. The second-order valence-corrected chi connectivity index (χ2v) is 7.19. The highest BCUT2D eigenvalue weighted by Crippen LogP contribution is 2.27. The summed E-state index contributed by atoms with van der Waals surface area (Å²) in [5, 5.41) is 10.1. The van der Waals surface area contributed by atoms with Crippen LogP contribution in [0.4, 0.5) is 5.13 Å². The number of thiazole rings is 1. The molecule has 0 unspecified atom stereocenters. The molecule has 6 heteroatoms. The Balaban J connectivity index is 1.74. The minimum absolute atomic E-state index is 0.165. The van der Waals surface area contributed by atoms with Crippen molar-refractivity contribution < 1.29 is 4.79 Å². The molecule has 0 spiro atoms. The molecule has 1 N–H and O–H groups in total. The van der Waals surface area contributed by atoms with Crippen LogP contribution in [0, 0.1) is 6.92 Å². The average Bonchev–Trinajstić information content (AvgIpc) is 3.11. The molecule has 128 valence electrons. The van der Waals surface area contributed by atoms with Gasteiger partial charge in [-0.25, -0.2) is 9.67 Å². The number of para-hydroxylation sites is 1. The Morgan fingerprint density at radius 1 is 1.16 bits per heavy atom. The third-order valence-corrected chi connectivity index (χ3v) is 5.36. The van der Waals surface area contributed by atoms with Gasteiger partial charge in [0.25, 0.3) is 5.91 Å². The van der Waals surface area contributed by atoms with Gasteiger partial charge in [0, 0.05) is 16.6 Å². The zero-order chi connectivity index (χ0) is 17.2. The van der Waals surface area contributed by atoms with Gasteiger partial charge in [0.2, 0.25) is 0 Å². The maximum Gasteiger partial charge on any atom is 0.278 e. The van der Waals surface area contributed by atoms with Crippen LogP contribution in [0.3, 0.4) is 0 Å². The SMILES string of the molecule is Cc1csc(NC(=O)c2nn(-c3ccccc3)c3c2CCCCC3)n1. The van der Waals surface area contributed by atoms with Crippen molar-refractivity contribution >= 4 is 22.4 Å². The Hall–Kier alpha value is -2.47. The van der Waals surface area contributed by atoms with Gasteiger partial charge in [-0.2, -0.15) is 5.10 Å². The number of amides is 1. The Bertz CT molecular complexity index is 898. The largest absolute Gasteiger partial charge is 0.296 e. The first-order valence-corrected chi connectivity index (χ1v) is 9.50. The second kappa shape index (κ2) is 6.80. The number of aryl methyl sites for hydroxylation is 1. The van der Waals surface area contributed by atoms with E-state index >= 15 is 0 Å². The van der Waals surface area contributed by atoms with E-state index in [0.717, 1.165) is 42.6 Å². The molecular formula is C19H20N4OS. The summed E-state index contributed by atoms with van der Waals surface area (Å²) in [5.41, 5.74) is 4.71. The first kappa shape index (κ1) is 16.0. The molecule has 0 aliphatic heterocycles. The zero-order valence-electron chi connectivity index (χ0n) is 14.2. The lowest BCUT2D eigenvalue weighted by atomic mass is 10.1. The highest BCUT2D eigenvalue weighted by molar-refractivity contribution is 7.13. The van der Waals surface area contributed by atoms with Crippen LogP contribution in [-0.4, -0.2) is 20.7 Å². The summed E-state index contributed by atoms with van der Waals surface area (Å²) in [4.78, 5) is 17.2. The Morgan fingerprint density at radius 2 is 1.96 bits per heavy atom. The summed E-state index contributed by atoms with van der Waals surface area (Å²) in [5.74, 6) is -0.165. The number of rotatable bonds is 3. The van der Waals surface area contributed by atoms with Gasteiger partial charge in [-0.05, 0) is 44.7 Å². The number of carbonyl (C=O) groups is 1. The van der Waals surface area contributed by atoms with Crippen molar-refractivity contribution in [1.29, 1.82) is 0 Å². The van der Waals surface area contributed by atoms with Gasteiger partial charge in [-0.15, -0.1) is 11.3 Å². The number of hydrogen-bond donors (Lipinski definition) is 1. The van der Waals surface area contributed by atoms with E-state index in [0.29, 0.717) is 10.8 Å². The third-order valence-electron chi connectivity index (χ3n) is 4.49. The normalized spacial score (nSPS) is 14.0. The summed E-state index contributed by atoms with van der Waals surface area (Å²) in [6.07, 6.45) is 5.29. The van der Waals surface area contributed by atoms with E-state index in [1.165, 1.54) is 23.5 Å². The van der Waals surface area contributed by atoms with Crippen LogP contribution in [0.2, 0.25) is 0 Å². The summed E-state index contributed by atoms with van der Waals surface area (Å²) in [7, 11) is 0. The molecule has 5 nitrogen and oxygen atoms in total. The van der Waals surface area contributed by atoms with Crippen molar-refractivity contribution in [2.75, 3.05) is 5.32 Å². The summed E-state index contributed by atoms with van der Waals surface area (Å²) in [6, 6.07) is 10.1. The highest BCUT2D eigenvalue weighted by Gasteiger charge is 2.25. The van der Waals surface area contributed by atoms with E-state index in [1.54, 1.807) is 0 Å². The number of fused-ring (bicyclic) bond motifs is 1. The zero-order valence-corrected chi connectivity index (χ0v) is 15.0.